The fourth-order valence-corrected chi connectivity index (χ4v) is 2.02. The lowest BCUT2D eigenvalue weighted by atomic mass is 10.2. The first-order valence-corrected chi connectivity index (χ1v) is 5.68. The molecule has 0 radical (unpaired) electrons. The molecule has 0 bridgehead atoms. The molecule has 2 rings (SSSR count). The monoisotopic (exact) mass is 236 g/mol. The van der Waals surface area contributed by atoms with E-state index in [1.165, 1.54) is 4.90 Å². The second-order valence-electron chi connectivity index (χ2n) is 4.05. The Bertz CT molecular complexity index is 378. The molecular weight excluding hydrogens is 220 g/mol. The van der Waals surface area contributed by atoms with Gasteiger partial charge in [0.25, 0.3) is 0 Å². The predicted molar refractivity (Wildman–Crippen MR) is 63.4 cm³/mol. The Balaban J connectivity index is 1.96. The number of nitrogens with two attached hydrogens (primary N) is 1. The fraction of sp³-hybridized carbons (Fsp3) is 0.545. The van der Waals surface area contributed by atoms with Crippen molar-refractivity contribution in [2.75, 3.05) is 26.2 Å². The number of amides is 2. The number of carbonyl (C=O) groups excluding carboxylic acids is 2. The van der Waals surface area contributed by atoms with Crippen molar-refractivity contribution in [3.63, 3.8) is 0 Å². The molecule has 2 heterocycles. The first-order chi connectivity index (χ1) is 8.22. The molecule has 0 saturated carbocycles. The molecule has 6 nitrogen and oxygen atoms in total. The van der Waals surface area contributed by atoms with Gasteiger partial charge in [-0.15, -0.1) is 0 Å². The van der Waals surface area contributed by atoms with Crippen molar-refractivity contribution in [1.29, 1.82) is 0 Å². The zero-order chi connectivity index (χ0) is 12.3. The molecule has 2 amide bonds. The first-order valence-electron chi connectivity index (χ1n) is 5.68. The third kappa shape index (κ3) is 2.52. The van der Waals surface area contributed by atoms with E-state index in [-0.39, 0.29) is 31.1 Å². The number of nitrogens with zero attached hydrogens (tertiary/aromatic N) is 3. The van der Waals surface area contributed by atoms with Gasteiger partial charge in [-0.2, -0.15) is 0 Å². The van der Waals surface area contributed by atoms with Gasteiger partial charge in [-0.3, -0.25) is 14.6 Å². The number of allylic oxidation sites excluding steroid dienone is 1. The lowest BCUT2D eigenvalue weighted by Crippen LogP contribution is -2.56. The fourth-order valence-electron chi connectivity index (χ4n) is 2.02. The topological polar surface area (TPSA) is 79.0 Å². The summed E-state index contributed by atoms with van der Waals surface area (Å²) in [4.78, 5) is 30.8. The van der Waals surface area contributed by atoms with Gasteiger partial charge >= 0.3 is 0 Å². The summed E-state index contributed by atoms with van der Waals surface area (Å²) in [5.41, 5.74) is 5.28. The Morgan fingerprint density at radius 1 is 1.53 bits per heavy atom. The Morgan fingerprint density at radius 2 is 2.35 bits per heavy atom. The van der Waals surface area contributed by atoms with Gasteiger partial charge in [0, 0.05) is 25.7 Å². The number of carbonyl (C=O) groups is 2. The summed E-state index contributed by atoms with van der Waals surface area (Å²) >= 11 is 0. The van der Waals surface area contributed by atoms with Crippen LogP contribution in [0.1, 0.15) is 6.42 Å². The van der Waals surface area contributed by atoms with Crippen molar-refractivity contribution in [2.45, 2.75) is 12.6 Å². The Kier molecular flexibility index (Phi) is 3.53. The van der Waals surface area contributed by atoms with E-state index in [2.05, 4.69) is 4.99 Å². The maximum absolute atomic E-state index is 11.9. The average Bonchev–Trinajstić information content (AvgIpc) is 2.38. The normalized spacial score (nSPS) is 24.3. The van der Waals surface area contributed by atoms with Gasteiger partial charge in [0.05, 0.1) is 13.1 Å². The molecule has 0 aromatic heterocycles. The highest BCUT2D eigenvalue weighted by atomic mass is 16.2. The van der Waals surface area contributed by atoms with Gasteiger partial charge < -0.3 is 15.5 Å². The van der Waals surface area contributed by atoms with Gasteiger partial charge in [-0.25, -0.2) is 0 Å². The van der Waals surface area contributed by atoms with Crippen molar-refractivity contribution in [1.82, 2.24) is 9.80 Å². The third-order valence-electron chi connectivity index (χ3n) is 2.97. The highest BCUT2D eigenvalue weighted by Gasteiger charge is 2.30. The van der Waals surface area contributed by atoms with E-state index < -0.39 is 0 Å². The molecule has 1 fully saturated rings. The van der Waals surface area contributed by atoms with Crippen LogP contribution in [-0.4, -0.2) is 60.2 Å². The number of hydrogen-bond acceptors (Lipinski definition) is 4. The average molecular weight is 236 g/mol. The number of aliphatic imine (C=N–C) groups is 1. The van der Waals surface area contributed by atoms with Gasteiger partial charge in [0.15, 0.2) is 0 Å². The van der Waals surface area contributed by atoms with Crippen LogP contribution >= 0.6 is 0 Å². The van der Waals surface area contributed by atoms with Gasteiger partial charge in [-0.05, 0) is 6.08 Å². The maximum Gasteiger partial charge on any atom is 0.243 e. The van der Waals surface area contributed by atoms with Gasteiger partial charge in [-0.1, -0.05) is 6.08 Å². The SMILES string of the molecule is NCC(=O)N1CCN(C2CC=CC=N2)C(=O)C1. The summed E-state index contributed by atoms with van der Waals surface area (Å²) in [6.45, 7) is 1.14. The minimum Gasteiger partial charge on any atom is -0.331 e. The van der Waals surface area contributed by atoms with Crippen molar-refractivity contribution < 1.29 is 9.59 Å². The molecule has 2 aliphatic rings. The lowest BCUT2D eigenvalue weighted by Gasteiger charge is -2.37. The zero-order valence-electron chi connectivity index (χ0n) is 9.58. The van der Waals surface area contributed by atoms with E-state index >= 15 is 0 Å². The molecule has 0 aliphatic carbocycles. The minimum atomic E-state index is -0.176. The van der Waals surface area contributed by atoms with E-state index in [1.807, 2.05) is 12.2 Å². The van der Waals surface area contributed by atoms with Crippen LogP contribution in [0.15, 0.2) is 17.1 Å². The molecule has 6 heteroatoms. The second-order valence-corrected chi connectivity index (χ2v) is 4.05. The van der Waals surface area contributed by atoms with E-state index in [1.54, 1.807) is 11.1 Å². The van der Waals surface area contributed by atoms with Crippen LogP contribution in [0.25, 0.3) is 0 Å². The largest absolute Gasteiger partial charge is 0.331 e. The summed E-state index contributed by atoms with van der Waals surface area (Å²) in [7, 11) is 0. The van der Waals surface area contributed by atoms with Crippen molar-refractivity contribution >= 4 is 18.0 Å². The highest BCUT2D eigenvalue weighted by molar-refractivity contribution is 5.87. The summed E-state index contributed by atoms with van der Waals surface area (Å²) < 4.78 is 0. The van der Waals surface area contributed by atoms with Crippen LogP contribution in [0.2, 0.25) is 0 Å². The first kappa shape index (κ1) is 11.8. The van der Waals surface area contributed by atoms with Gasteiger partial charge in [0.1, 0.15) is 6.17 Å². The third-order valence-corrected chi connectivity index (χ3v) is 2.97. The molecule has 0 spiro atoms. The second kappa shape index (κ2) is 5.09. The van der Waals surface area contributed by atoms with Crippen LogP contribution in [0.5, 0.6) is 0 Å². The molecule has 2 aliphatic heterocycles. The number of rotatable bonds is 2. The number of hydrogen-bond donors (Lipinski definition) is 1. The Morgan fingerprint density at radius 3 is 2.94 bits per heavy atom. The zero-order valence-corrected chi connectivity index (χ0v) is 9.58. The van der Waals surface area contributed by atoms with Crippen LogP contribution in [0.3, 0.4) is 0 Å². The molecule has 1 saturated heterocycles. The summed E-state index contributed by atoms with van der Waals surface area (Å²) in [6.07, 6.45) is 6.20. The lowest BCUT2D eigenvalue weighted by molar-refractivity contribution is -0.146. The quantitative estimate of drug-likeness (QED) is 0.666. The van der Waals surface area contributed by atoms with Crippen molar-refractivity contribution in [3.05, 3.63) is 12.2 Å². The maximum atomic E-state index is 11.9. The van der Waals surface area contributed by atoms with Crippen LogP contribution in [-0.2, 0) is 9.59 Å². The standard InChI is InChI=1S/C11H16N4O2/c12-7-10(16)14-5-6-15(11(17)8-14)9-3-1-2-4-13-9/h1-2,4,9H,3,5-8,12H2. The molecule has 0 aromatic rings. The summed E-state index contributed by atoms with van der Waals surface area (Å²) in [5, 5.41) is 0. The predicted octanol–water partition coefficient (Wildman–Crippen LogP) is -1.03. The summed E-state index contributed by atoms with van der Waals surface area (Å²) in [5.74, 6) is -0.236. The van der Waals surface area contributed by atoms with E-state index in [0.29, 0.717) is 13.1 Å². The van der Waals surface area contributed by atoms with E-state index in [9.17, 15) is 9.59 Å². The molecule has 17 heavy (non-hydrogen) atoms. The van der Waals surface area contributed by atoms with Crippen molar-refractivity contribution in [2.24, 2.45) is 10.7 Å². The van der Waals surface area contributed by atoms with Crippen LogP contribution in [0, 0.1) is 0 Å². The van der Waals surface area contributed by atoms with E-state index in [0.717, 1.165) is 6.42 Å². The molecule has 92 valence electrons. The van der Waals surface area contributed by atoms with Crippen LogP contribution in [0.4, 0.5) is 0 Å². The Hall–Kier alpha value is -1.69. The number of piperazine rings is 1. The summed E-state index contributed by atoms with van der Waals surface area (Å²) in [6, 6.07) is 0. The molecule has 1 unspecified atom stereocenters. The van der Waals surface area contributed by atoms with Crippen LogP contribution < -0.4 is 5.73 Å². The molecule has 1 atom stereocenters. The molecular formula is C11H16N4O2. The minimum absolute atomic E-state index is 0.0440. The van der Waals surface area contributed by atoms with Crippen molar-refractivity contribution in [3.8, 4) is 0 Å². The molecule has 2 N–H and O–H groups in total. The number of dihydropyridines is 1. The molecule has 0 aromatic carbocycles. The highest BCUT2D eigenvalue weighted by Crippen LogP contribution is 2.14. The van der Waals surface area contributed by atoms with E-state index in [4.69, 9.17) is 5.73 Å². The van der Waals surface area contributed by atoms with Gasteiger partial charge in [0.2, 0.25) is 11.8 Å². The Labute approximate surface area is 99.8 Å². The smallest absolute Gasteiger partial charge is 0.243 e.